The van der Waals surface area contributed by atoms with Gasteiger partial charge < -0.3 is 10.8 Å². The van der Waals surface area contributed by atoms with E-state index >= 15 is 0 Å². The zero-order valence-electron chi connectivity index (χ0n) is 10.6. The third-order valence-electron chi connectivity index (χ3n) is 4.17. The summed E-state index contributed by atoms with van der Waals surface area (Å²) in [5.74, 6) is -0.267. The van der Waals surface area contributed by atoms with Crippen LogP contribution in [0.4, 0.5) is 0 Å². The number of carboxylic acids is 1. The molecule has 0 aromatic heterocycles. The van der Waals surface area contributed by atoms with Crippen molar-refractivity contribution in [3.05, 3.63) is 35.9 Å². The second-order valence-corrected chi connectivity index (χ2v) is 5.48. The lowest BCUT2D eigenvalue weighted by Gasteiger charge is -2.39. The summed E-state index contributed by atoms with van der Waals surface area (Å²) in [5, 5.41) is 9.06. The summed E-state index contributed by atoms with van der Waals surface area (Å²) in [6.07, 6.45) is 4.27. The fourth-order valence-electron chi connectivity index (χ4n) is 3.20. The monoisotopic (exact) mass is 247 g/mol. The molecule has 0 unspecified atom stereocenters. The number of hydrogen-bond donors (Lipinski definition) is 2. The summed E-state index contributed by atoms with van der Waals surface area (Å²) in [6, 6.07) is 10.4. The van der Waals surface area contributed by atoms with Crippen LogP contribution in [0.3, 0.4) is 0 Å². The quantitative estimate of drug-likeness (QED) is 0.860. The molecule has 1 aliphatic rings. The molecule has 2 atom stereocenters. The van der Waals surface area contributed by atoms with Crippen LogP contribution in [0.5, 0.6) is 0 Å². The summed E-state index contributed by atoms with van der Waals surface area (Å²) >= 11 is 0. The van der Waals surface area contributed by atoms with Gasteiger partial charge in [0.2, 0.25) is 0 Å². The van der Waals surface area contributed by atoms with Gasteiger partial charge in [-0.1, -0.05) is 36.8 Å². The van der Waals surface area contributed by atoms with Gasteiger partial charge in [0.05, 0.1) is 6.42 Å². The summed E-state index contributed by atoms with van der Waals surface area (Å²) in [5.41, 5.74) is 6.98. The van der Waals surface area contributed by atoms with Crippen molar-refractivity contribution in [1.82, 2.24) is 0 Å². The summed E-state index contributed by atoms with van der Waals surface area (Å²) < 4.78 is 0. The second-order valence-electron chi connectivity index (χ2n) is 5.48. The lowest BCUT2D eigenvalue weighted by atomic mass is 9.66. The van der Waals surface area contributed by atoms with Gasteiger partial charge >= 0.3 is 5.97 Å². The molecule has 0 heterocycles. The number of hydrogen-bond acceptors (Lipinski definition) is 2. The minimum Gasteiger partial charge on any atom is -0.481 e. The molecule has 1 fully saturated rings. The predicted octanol–water partition coefficient (Wildman–Crippen LogP) is 2.76. The normalized spacial score (nSPS) is 27.9. The van der Waals surface area contributed by atoms with E-state index in [4.69, 9.17) is 10.8 Å². The highest BCUT2D eigenvalue weighted by atomic mass is 16.4. The Balaban J connectivity index is 2.14. The van der Waals surface area contributed by atoms with Crippen molar-refractivity contribution in [2.75, 3.05) is 6.54 Å². The SMILES string of the molecule is NC[C@@]1(CC(=O)O)CCC[C@@H](c2ccccc2)C1. The number of carboxylic acid groups (broad SMARTS) is 1. The fraction of sp³-hybridized carbons (Fsp3) is 0.533. The Morgan fingerprint density at radius 2 is 2.11 bits per heavy atom. The molecule has 18 heavy (non-hydrogen) atoms. The van der Waals surface area contributed by atoms with E-state index in [1.807, 2.05) is 18.2 Å². The molecule has 3 heteroatoms. The molecule has 0 bridgehead atoms. The van der Waals surface area contributed by atoms with Crippen molar-refractivity contribution >= 4 is 5.97 Å². The van der Waals surface area contributed by atoms with E-state index in [0.717, 1.165) is 25.7 Å². The van der Waals surface area contributed by atoms with Crippen LogP contribution in [-0.2, 0) is 4.79 Å². The van der Waals surface area contributed by atoms with Crippen LogP contribution in [0.25, 0.3) is 0 Å². The Bertz CT molecular complexity index is 404. The van der Waals surface area contributed by atoms with Gasteiger partial charge in [-0.2, -0.15) is 0 Å². The molecule has 1 aromatic carbocycles. The van der Waals surface area contributed by atoms with Crippen LogP contribution < -0.4 is 5.73 Å². The first-order valence-corrected chi connectivity index (χ1v) is 6.62. The van der Waals surface area contributed by atoms with Gasteiger partial charge in [0.25, 0.3) is 0 Å². The van der Waals surface area contributed by atoms with Crippen molar-refractivity contribution in [2.24, 2.45) is 11.1 Å². The first-order chi connectivity index (χ1) is 8.65. The molecule has 2 rings (SSSR count). The molecular formula is C15H21NO2. The van der Waals surface area contributed by atoms with E-state index in [-0.39, 0.29) is 11.8 Å². The van der Waals surface area contributed by atoms with E-state index in [0.29, 0.717) is 12.5 Å². The third kappa shape index (κ3) is 2.91. The van der Waals surface area contributed by atoms with Crippen molar-refractivity contribution in [3.63, 3.8) is 0 Å². The molecule has 0 amide bonds. The molecule has 1 aliphatic carbocycles. The molecule has 1 saturated carbocycles. The summed E-state index contributed by atoms with van der Waals surface area (Å²) in [4.78, 5) is 11.0. The molecule has 3 N–H and O–H groups in total. The van der Waals surface area contributed by atoms with Gasteiger partial charge in [-0.15, -0.1) is 0 Å². The third-order valence-corrected chi connectivity index (χ3v) is 4.17. The van der Waals surface area contributed by atoms with Crippen LogP contribution in [0.2, 0.25) is 0 Å². The van der Waals surface area contributed by atoms with Crippen molar-refractivity contribution < 1.29 is 9.90 Å². The average molecular weight is 247 g/mol. The van der Waals surface area contributed by atoms with Crippen LogP contribution in [-0.4, -0.2) is 17.6 Å². The Morgan fingerprint density at radius 1 is 1.39 bits per heavy atom. The van der Waals surface area contributed by atoms with Crippen molar-refractivity contribution in [2.45, 2.75) is 38.0 Å². The molecule has 0 aliphatic heterocycles. The van der Waals surface area contributed by atoms with Gasteiger partial charge in [0.1, 0.15) is 0 Å². The average Bonchev–Trinajstić information content (AvgIpc) is 2.39. The van der Waals surface area contributed by atoms with Gasteiger partial charge in [-0.05, 0) is 42.7 Å². The second kappa shape index (κ2) is 5.53. The first kappa shape index (κ1) is 13.1. The molecule has 1 aromatic rings. The highest BCUT2D eigenvalue weighted by Gasteiger charge is 2.37. The molecule has 0 radical (unpaired) electrons. The Kier molecular flexibility index (Phi) is 4.02. The summed E-state index contributed by atoms with van der Waals surface area (Å²) in [6.45, 7) is 0.475. The molecular weight excluding hydrogens is 226 g/mol. The van der Waals surface area contributed by atoms with Crippen LogP contribution >= 0.6 is 0 Å². The predicted molar refractivity (Wildman–Crippen MR) is 71.4 cm³/mol. The van der Waals surface area contributed by atoms with E-state index in [9.17, 15) is 4.79 Å². The molecule has 98 valence electrons. The number of benzene rings is 1. The maximum atomic E-state index is 11.0. The minimum absolute atomic E-state index is 0.201. The van der Waals surface area contributed by atoms with E-state index in [1.54, 1.807) is 0 Å². The van der Waals surface area contributed by atoms with E-state index < -0.39 is 5.97 Å². The van der Waals surface area contributed by atoms with Gasteiger partial charge in [0.15, 0.2) is 0 Å². The van der Waals surface area contributed by atoms with E-state index in [1.165, 1.54) is 5.56 Å². The van der Waals surface area contributed by atoms with Gasteiger partial charge in [-0.3, -0.25) is 4.79 Å². The maximum Gasteiger partial charge on any atom is 0.303 e. The van der Waals surface area contributed by atoms with Crippen LogP contribution in [0, 0.1) is 5.41 Å². The summed E-state index contributed by atoms with van der Waals surface area (Å²) in [7, 11) is 0. The van der Waals surface area contributed by atoms with Crippen LogP contribution in [0.15, 0.2) is 30.3 Å². The fourth-order valence-corrected chi connectivity index (χ4v) is 3.20. The lowest BCUT2D eigenvalue weighted by molar-refractivity contribution is -0.140. The topological polar surface area (TPSA) is 63.3 Å². The molecule has 0 spiro atoms. The smallest absolute Gasteiger partial charge is 0.303 e. The highest BCUT2D eigenvalue weighted by Crippen LogP contribution is 2.45. The number of rotatable bonds is 4. The number of aliphatic carboxylic acids is 1. The van der Waals surface area contributed by atoms with Gasteiger partial charge in [0, 0.05) is 0 Å². The van der Waals surface area contributed by atoms with Crippen LogP contribution in [0.1, 0.15) is 43.6 Å². The minimum atomic E-state index is -0.728. The van der Waals surface area contributed by atoms with Crippen molar-refractivity contribution in [3.8, 4) is 0 Å². The Morgan fingerprint density at radius 3 is 2.72 bits per heavy atom. The van der Waals surface area contributed by atoms with Crippen molar-refractivity contribution in [1.29, 1.82) is 0 Å². The lowest BCUT2D eigenvalue weighted by Crippen LogP contribution is -2.37. The largest absolute Gasteiger partial charge is 0.481 e. The van der Waals surface area contributed by atoms with Gasteiger partial charge in [-0.25, -0.2) is 0 Å². The molecule has 0 saturated heterocycles. The Labute approximate surface area is 108 Å². The number of nitrogens with two attached hydrogens (primary N) is 1. The zero-order chi connectivity index (χ0) is 13.0. The van der Waals surface area contributed by atoms with E-state index in [2.05, 4.69) is 12.1 Å². The molecule has 3 nitrogen and oxygen atoms in total. The Hall–Kier alpha value is -1.35. The highest BCUT2D eigenvalue weighted by molar-refractivity contribution is 5.67. The number of carbonyl (C=O) groups is 1. The standard InChI is InChI=1S/C15H21NO2/c16-11-15(10-14(17)18)8-4-7-13(9-15)12-5-2-1-3-6-12/h1-3,5-6,13H,4,7-11,16H2,(H,17,18)/t13-,15+/m1/s1. The zero-order valence-corrected chi connectivity index (χ0v) is 10.6. The first-order valence-electron chi connectivity index (χ1n) is 6.62. The maximum absolute atomic E-state index is 11.0.